The van der Waals surface area contributed by atoms with Crippen LogP contribution in [0.25, 0.3) is 0 Å². The first-order chi connectivity index (χ1) is 7.55. The minimum absolute atomic E-state index is 0.188. The van der Waals surface area contributed by atoms with Crippen LogP contribution in [0.5, 0.6) is 0 Å². The smallest absolute Gasteiger partial charge is 0.153 e. The molecule has 0 bridgehead atoms. The largest absolute Gasteiger partial charge is 0.330 e. The molecule has 1 atom stereocenters. The van der Waals surface area contributed by atoms with Gasteiger partial charge in [-0.1, -0.05) is 12.8 Å². The van der Waals surface area contributed by atoms with E-state index in [0.717, 1.165) is 25.9 Å². The van der Waals surface area contributed by atoms with Gasteiger partial charge in [-0.25, -0.2) is 8.42 Å². The molecule has 0 saturated carbocycles. The highest BCUT2D eigenvalue weighted by Gasteiger charge is 2.27. The van der Waals surface area contributed by atoms with Crippen LogP contribution < -0.4 is 5.73 Å². The van der Waals surface area contributed by atoms with E-state index in [9.17, 15) is 8.42 Å². The van der Waals surface area contributed by atoms with Crippen LogP contribution in [-0.4, -0.2) is 50.5 Å². The molecule has 1 fully saturated rings. The summed E-state index contributed by atoms with van der Waals surface area (Å²) >= 11 is 0. The van der Waals surface area contributed by atoms with E-state index in [1.807, 2.05) is 6.92 Å². The van der Waals surface area contributed by atoms with Gasteiger partial charge in [-0.05, 0) is 32.9 Å². The van der Waals surface area contributed by atoms with Crippen molar-refractivity contribution < 1.29 is 8.42 Å². The molecule has 1 rings (SSSR count). The van der Waals surface area contributed by atoms with Crippen molar-refractivity contribution in [3.05, 3.63) is 0 Å². The van der Waals surface area contributed by atoms with E-state index in [4.69, 9.17) is 5.73 Å². The maximum atomic E-state index is 11.4. The Balaban J connectivity index is 2.18. The monoisotopic (exact) mass is 248 g/mol. The zero-order valence-corrected chi connectivity index (χ0v) is 11.0. The number of nitrogens with zero attached hydrogens (tertiary/aromatic N) is 1. The van der Waals surface area contributed by atoms with Gasteiger partial charge in [0.05, 0.1) is 11.5 Å². The highest BCUT2D eigenvalue weighted by Crippen LogP contribution is 2.12. The van der Waals surface area contributed by atoms with Crippen molar-refractivity contribution in [1.29, 1.82) is 0 Å². The van der Waals surface area contributed by atoms with Crippen molar-refractivity contribution in [2.75, 3.05) is 31.1 Å². The van der Waals surface area contributed by atoms with Crippen LogP contribution in [0.15, 0.2) is 0 Å². The van der Waals surface area contributed by atoms with Gasteiger partial charge in [0.25, 0.3) is 0 Å². The van der Waals surface area contributed by atoms with Crippen LogP contribution in [0.3, 0.4) is 0 Å². The molecule has 1 heterocycles. The Morgan fingerprint density at radius 1 is 1.25 bits per heavy atom. The second-order valence-electron chi connectivity index (χ2n) is 4.70. The van der Waals surface area contributed by atoms with Crippen molar-refractivity contribution in [1.82, 2.24) is 4.90 Å². The summed E-state index contributed by atoms with van der Waals surface area (Å²) in [6.07, 6.45) is 4.65. The standard InChI is InChI=1S/C11H24N2O2S/c1-11-10-16(14,15)9-8-13(11)7-5-3-2-4-6-12/h11H,2-10,12H2,1H3. The minimum atomic E-state index is -2.76. The molecule has 4 nitrogen and oxygen atoms in total. The summed E-state index contributed by atoms with van der Waals surface area (Å²) in [4.78, 5) is 2.30. The van der Waals surface area contributed by atoms with Gasteiger partial charge in [0.15, 0.2) is 9.84 Å². The van der Waals surface area contributed by atoms with Crippen LogP contribution in [0.4, 0.5) is 0 Å². The normalized spacial score (nSPS) is 25.8. The molecular weight excluding hydrogens is 224 g/mol. The Morgan fingerprint density at radius 3 is 2.56 bits per heavy atom. The van der Waals surface area contributed by atoms with E-state index in [1.165, 1.54) is 12.8 Å². The number of unbranched alkanes of at least 4 members (excludes halogenated alkanes) is 3. The van der Waals surface area contributed by atoms with Crippen LogP contribution in [-0.2, 0) is 9.84 Å². The van der Waals surface area contributed by atoms with E-state index in [0.29, 0.717) is 18.1 Å². The maximum absolute atomic E-state index is 11.4. The van der Waals surface area contributed by atoms with Gasteiger partial charge in [0, 0.05) is 12.6 Å². The fourth-order valence-electron chi connectivity index (χ4n) is 2.18. The molecule has 0 aromatic heterocycles. The first kappa shape index (κ1) is 13.9. The zero-order valence-electron chi connectivity index (χ0n) is 10.2. The number of sulfone groups is 1. The summed E-state index contributed by atoms with van der Waals surface area (Å²) in [6.45, 7) is 4.52. The average Bonchev–Trinajstić information content (AvgIpc) is 2.20. The summed E-state index contributed by atoms with van der Waals surface area (Å²) in [5.74, 6) is 0.663. The summed E-state index contributed by atoms with van der Waals surface area (Å²) < 4.78 is 22.8. The lowest BCUT2D eigenvalue weighted by molar-refractivity contribution is 0.222. The van der Waals surface area contributed by atoms with Crippen molar-refractivity contribution in [3.63, 3.8) is 0 Å². The third-order valence-electron chi connectivity index (χ3n) is 3.21. The molecule has 0 aromatic rings. The van der Waals surface area contributed by atoms with Crippen LogP contribution >= 0.6 is 0 Å². The van der Waals surface area contributed by atoms with Crippen molar-refractivity contribution >= 4 is 9.84 Å². The van der Waals surface area contributed by atoms with Crippen molar-refractivity contribution in [2.45, 2.75) is 38.6 Å². The molecule has 1 unspecified atom stereocenters. The Bertz CT molecular complexity index is 290. The molecule has 5 heteroatoms. The lowest BCUT2D eigenvalue weighted by Crippen LogP contribution is -2.47. The first-order valence-electron chi connectivity index (χ1n) is 6.20. The molecule has 1 aliphatic heterocycles. The molecule has 0 radical (unpaired) electrons. The zero-order chi connectivity index (χ0) is 12.0. The SMILES string of the molecule is CC1CS(=O)(=O)CCN1CCCCCCN. The molecule has 0 aromatic carbocycles. The second kappa shape index (κ2) is 6.57. The lowest BCUT2D eigenvalue weighted by Gasteiger charge is -2.33. The Hall–Kier alpha value is -0.130. The molecule has 0 amide bonds. The van der Waals surface area contributed by atoms with Gasteiger partial charge < -0.3 is 5.73 Å². The Morgan fingerprint density at radius 2 is 1.94 bits per heavy atom. The van der Waals surface area contributed by atoms with Gasteiger partial charge >= 0.3 is 0 Å². The Labute approximate surface area is 99.1 Å². The van der Waals surface area contributed by atoms with Gasteiger partial charge in [-0.15, -0.1) is 0 Å². The average molecular weight is 248 g/mol. The third kappa shape index (κ3) is 4.80. The third-order valence-corrected chi connectivity index (χ3v) is 5.00. The van der Waals surface area contributed by atoms with Gasteiger partial charge in [0.2, 0.25) is 0 Å². The lowest BCUT2D eigenvalue weighted by atomic mass is 10.1. The van der Waals surface area contributed by atoms with Crippen molar-refractivity contribution in [3.8, 4) is 0 Å². The molecule has 1 aliphatic rings. The van der Waals surface area contributed by atoms with E-state index in [2.05, 4.69) is 4.90 Å². The minimum Gasteiger partial charge on any atom is -0.330 e. The molecule has 2 N–H and O–H groups in total. The topological polar surface area (TPSA) is 63.4 Å². The highest BCUT2D eigenvalue weighted by atomic mass is 32.2. The summed E-state index contributed by atoms with van der Waals surface area (Å²) in [7, 11) is -2.76. The fraction of sp³-hybridized carbons (Fsp3) is 1.00. The summed E-state index contributed by atoms with van der Waals surface area (Å²) in [6, 6.07) is 0.188. The number of rotatable bonds is 6. The van der Waals surface area contributed by atoms with Gasteiger partial charge in [-0.2, -0.15) is 0 Å². The fourth-order valence-corrected chi connectivity index (χ4v) is 3.80. The molecule has 1 saturated heterocycles. The highest BCUT2D eigenvalue weighted by molar-refractivity contribution is 7.91. The van der Waals surface area contributed by atoms with Crippen molar-refractivity contribution in [2.24, 2.45) is 5.73 Å². The van der Waals surface area contributed by atoms with E-state index >= 15 is 0 Å². The number of nitrogens with two attached hydrogens (primary N) is 1. The van der Waals surface area contributed by atoms with E-state index in [-0.39, 0.29) is 6.04 Å². The van der Waals surface area contributed by atoms with E-state index < -0.39 is 9.84 Å². The maximum Gasteiger partial charge on any atom is 0.153 e. The second-order valence-corrected chi connectivity index (χ2v) is 6.93. The van der Waals surface area contributed by atoms with E-state index in [1.54, 1.807) is 0 Å². The summed E-state index contributed by atoms with van der Waals surface area (Å²) in [5, 5.41) is 0. The number of hydrogen-bond donors (Lipinski definition) is 1. The molecule has 96 valence electrons. The first-order valence-corrected chi connectivity index (χ1v) is 8.02. The summed E-state index contributed by atoms with van der Waals surface area (Å²) in [5.41, 5.74) is 5.43. The van der Waals surface area contributed by atoms with Gasteiger partial charge in [0.1, 0.15) is 0 Å². The van der Waals surface area contributed by atoms with Crippen LogP contribution in [0.1, 0.15) is 32.6 Å². The molecule has 0 aliphatic carbocycles. The molecule has 16 heavy (non-hydrogen) atoms. The quantitative estimate of drug-likeness (QED) is 0.700. The predicted molar refractivity (Wildman–Crippen MR) is 67.2 cm³/mol. The van der Waals surface area contributed by atoms with Crippen LogP contribution in [0, 0.1) is 0 Å². The molecular formula is C11H24N2O2S. The Kier molecular flexibility index (Phi) is 5.72. The molecule has 0 spiro atoms. The predicted octanol–water partition coefficient (Wildman–Crippen LogP) is 0.624. The van der Waals surface area contributed by atoms with Crippen LogP contribution in [0.2, 0.25) is 0 Å². The number of hydrogen-bond acceptors (Lipinski definition) is 4. The van der Waals surface area contributed by atoms with Gasteiger partial charge in [-0.3, -0.25) is 4.90 Å².